The van der Waals surface area contributed by atoms with Crippen molar-refractivity contribution < 1.29 is 4.92 Å². The van der Waals surface area contributed by atoms with Gasteiger partial charge in [0, 0.05) is 12.4 Å². The van der Waals surface area contributed by atoms with Gasteiger partial charge >= 0.3 is 11.2 Å². The van der Waals surface area contributed by atoms with Crippen LogP contribution in [-0.2, 0) is 0 Å². The molecule has 8 nitrogen and oxygen atoms in total. The molecule has 0 bridgehead atoms. The summed E-state index contributed by atoms with van der Waals surface area (Å²) in [5.41, 5.74) is -0.0815. The fourth-order valence-corrected chi connectivity index (χ4v) is 3.31. The Kier molecular flexibility index (Phi) is 3.28. The smallest absolute Gasteiger partial charge is 0.295 e. The average molecular weight is 339 g/mol. The Balaban J connectivity index is 1.94. The summed E-state index contributed by atoms with van der Waals surface area (Å²) in [4.78, 5) is 31.6. The molecule has 0 radical (unpaired) electrons. The minimum Gasteiger partial charge on any atom is -0.295 e. The number of imidazole rings is 1. The Morgan fingerprint density at radius 1 is 1.08 bits per heavy atom. The number of nitrogens with zero attached hydrogens (tertiary/aromatic N) is 5. The van der Waals surface area contributed by atoms with Gasteiger partial charge in [-0.3, -0.25) is 23.7 Å². The maximum atomic E-state index is 12.4. The number of hydrogen-bond acceptors (Lipinski definition) is 6. The molecule has 0 saturated carbocycles. The molecular weight excluding hydrogens is 330 g/mol. The molecule has 0 atom stereocenters. The van der Waals surface area contributed by atoms with Gasteiger partial charge in [-0.2, -0.15) is 0 Å². The molecule has 0 amide bonds. The second kappa shape index (κ2) is 5.46. The lowest BCUT2D eigenvalue weighted by molar-refractivity contribution is -0.389. The van der Waals surface area contributed by atoms with Gasteiger partial charge in [0.2, 0.25) is 0 Å². The summed E-state index contributed by atoms with van der Waals surface area (Å²) in [6.45, 7) is 0. The highest BCUT2D eigenvalue weighted by atomic mass is 32.2. The van der Waals surface area contributed by atoms with E-state index in [1.54, 1.807) is 35.0 Å². The summed E-state index contributed by atoms with van der Waals surface area (Å²) in [5.74, 6) is 0. The zero-order chi connectivity index (χ0) is 16.7. The standard InChI is InChI=1S/C15H9N5O3S/c21-14-12(20(22)23)13(17-11-6-2-4-8-19(11)14)24-15-16-9-10-5-1-3-7-18(10)15/h1-9H. The van der Waals surface area contributed by atoms with E-state index in [0.717, 1.165) is 21.7 Å². The van der Waals surface area contributed by atoms with E-state index in [-0.39, 0.29) is 5.03 Å². The van der Waals surface area contributed by atoms with Crippen LogP contribution in [0.25, 0.3) is 11.2 Å². The Morgan fingerprint density at radius 3 is 2.62 bits per heavy atom. The molecule has 4 aromatic heterocycles. The van der Waals surface area contributed by atoms with E-state index in [4.69, 9.17) is 0 Å². The molecule has 0 saturated heterocycles. The summed E-state index contributed by atoms with van der Waals surface area (Å²) in [5, 5.41) is 11.9. The van der Waals surface area contributed by atoms with E-state index >= 15 is 0 Å². The third kappa shape index (κ3) is 2.22. The van der Waals surface area contributed by atoms with Crippen LogP contribution in [0.1, 0.15) is 0 Å². The molecule has 4 rings (SSSR count). The first-order valence-electron chi connectivity index (χ1n) is 6.91. The number of pyridine rings is 2. The Hall–Kier alpha value is -3.20. The molecule has 24 heavy (non-hydrogen) atoms. The molecular formula is C15H9N5O3S. The van der Waals surface area contributed by atoms with Crippen LogP contribution in [0.2, 0.25) is 0 Å². The predicted octanol–water partition coefficient (Wildman–Crippen LogP) is 2.40. The van der Waals surface area contributed by atoms with Crippen molar-refractivity contribution >= 4 is 28.6 Å². The second-order valence-electron chi connectivity index (χ2n) is 4.90. The van der Waals surface area contributed by atoms with Gasteiger partial charge in [0.1, 0.15) is 5.65 Å². The van der Waals surface area contributed by atoms with Crippen LogP contribution in [-0.4, -0.2) is 23.7 Å². The van der Waals surface area contributed by atoms with E-state index in [1.165, 1.54) is 6.20 Å². The monoisotopic (exact) mass is 339 g/mol. The van der Waals surface area contributed by atoms with E-state index in [1.807, 2.05) is 18.2 Å². The highest BCUT2D eigenvalue weighted by Gasteiger charge is 2.25. The zero-order valence-electron chi connectivity index (χ0n) is 12.1. The molecule has 0 aromatic carbocycles. The third-order valence-electron chi connectivity index (χ3n) is 3.45. The minimum absolute atomic E-state index is 0.0209. The van der Waals surface area contributed by atoms with Crippen molar-refractivity contribution in [2.45, 2.75) is 10.2 Å². The molecule has 0 N–H and O–H groups in total. The number of hydrogen-bond donors (Lipinski definition) is 0. The average Bonchev–Trinajstić information content (AvgIpc) is 2.98. The molecule has 0 unspecified atom stereocenters. The summed E-state index contributed by atoms with van der Waals surface area (Å²) >= 11 is 0.993. The highest BCUT2D eigenvalue weighted by molar-refractivity contribution is 7.99. The van der Waals surface area contributed by atoms with Gasteiger partial charge in [-0.1, -0.05) is 12.1 Å². The van der Waals surface area contributed by atoms with Gasteiger partial charge in [-0.05, 0) is 36.0 Å². The lowest BCUT2D eigenvalue weighted by atomic mass is 10.4. The van der Waals surface area contributed by atoms with Crippen LogP contribution in [0, 0.1) is 10.1 Å². The maximum absolute atomic E-state index is 12.4. The van der Waals surface area contributed by atoms with Crippen LogP contribution < -0.4 is 5.56 Å². The Labute approximate surface area is 138 Å². The minimum atomic E-state index is -0.714. The van der Waals surface area contributed by atoms with Crippen molar-refractivity contribution in [3.05, 3.63) is 75.5 Å². The van der Waals surface area contributed by atoms with E-state index in [9.17, 15) is 14.9 Å². The van der Waals surface area contributed by atoms with E-state index in [2.05, 4.69) is 9.97 Å². The fraction of sp³-hybridized carbons (Fsp3) is 0. The van der Waals surface area contributed by atoms with Crippen molar-refractivity contribution in [1.29, 1.82) is 0 Å². The molecule has 4 aromatic rings. The van der Waals surface area contributed by atoms with Crippen LogP contribution in [0.15, 0.2) is 70.0 Å². The Morgan fingerprint density at radius 2 is 1.83 bits per heavy atom. The first-order chi connectivity index (χ1) is 11.6. The Bertz CT molecular complexity index is 1150. The first-order valence-corrected chi connectivity index (χ1v) is 7.72. The quantitative estimate of drug-likeness (QED) is 0.323. The summed E-state index contributed by atoms with van der Waals surface area (Å²) < 4.78 is 2.94. The van der Waals surface area contributed by atoms with Gasteiger partial charge in [0.05, 0.1) is 16.6 Å². The van der Waals surface area contributed by atoms with Crippen LogP contribution in [0.5, 0.6) is 0 Å². The van der Waals surface area contributed by atoms with Crippen LogP contribution in [0.4, 0.5) is 5.69 Å². The molecule has 0 aliphatic carbocycles. The molecule has 0 spiro atoms. The topological polar surface area (TPSA) is 94.8 Å². The van der Waals surface area contributed by atoms with Gasteiger partial charge in [-0.15, -0.1) is 0 Å². The first kappa shape index (κ1) is 14.4. The normalized spacial score (nSPS) is 11.2. The van der Waals surface area contributed by atoms with Crippen molar-refractivity contribution in [2.24, 2.45) is 0 Å². The number of aromatic nitrogens is 4. The number of nitro groups is 1. The summed E-state index contributed by atoms with van der Waals surface area (Å²) in [6.07, 6.45) is 4.91. The fourth-order valence-electron chi connectivity index (χ4n) is 2.37. The molecule has 118 valence electrons. The van der Waals surface area contributed by atoms with Gasteiger partial charge < -0.3 is 0 Å². The van der Waals surface area contributed by atoms with E-state index < -0.39 is 16.2 Å². The van der Waals surface area contributed by atoms with Crippen molar-refractivity contribution in [2.75, 3.05) is 0 Å². The molecule has 9 heteroatoms. The van der Waals surface area contributed by atoms with Gasteiger partial charge in [0.25, 0.3) is 0 Å². The SMILES string of the molecule is O=c1c([N+](=O)[O-])c(Sc2ncc3ccccn23)nc2ccccn12. The van der Waals surface area contributed by atoms with Gasteiger partial charge in [-0.25, -0.2) is 9.97 Å². The highest BCUT2D eigenvalue weighted by Crippen LogP contribution is 2.31. The largest absolute Gasteiger partial charge is 0.366 e. The molecule has 4 heterocycles. The van der Waals surface area contributed by atoms with Crippen molar-refractivity contribution in [3.63, 3.8) is 0 Å². The lowest BCUT2D eigenvalue weighted by Crippen LogP contribution is -2.19. The summed E-state index contributed by atoms with van der Waals surface area (Å²) in [6, 6.07) is 10.5. The molecule has 0 aliphatic heterocycles. The lowest BCUT2D eigenvalue weighted by Gasteiger charge is -2.04. The van der Waals surface area contributed by atoms with Crippen molar-refractivity contribution in [1.82, 2.24) is 18.8 Å². The molecule has 0 aliphatic rings. The van der Waals surface area contributed by atoms with Crippen molar-refractivity contribution in [3.8, 4) is 0 Å². The van der Waals surface area contributed by atoms with Crippen LogP contribution >= 0.6 is 11.8 Å². The van der Waals surface area contributed by atoms with Crippen LogP contribution in [0.3, 0.4) is 0 Å². The predicted molar refractivity (Wildman–Crippen MR) is 87.4 cm³/mol. The van der Waals surface area contributed by atoms with E-state index in [0.29, 0.717) is 10.8 Å². The summed E-state index contributed by atoms with van der Waals surface area (Å²) in [7, 11) is 0. The number of rotatable bonds is 3. The zero-order valence-corrected chi connectivity index (χ0v) is 12.9. The molecule has 0 fully saturated rings. The maximum Gasteiger partial charge on any atom is 0.366 e. The third-order valence-corrected chi connectivity index (χ3v) is 4.42. The number of fused-ring (bicyclic) bond motifs is 2. The second-order valence-corrected chi connectivity index (χ2v) is 5.85. The van der Waals surface area contributed by atoms with Gasteiger partial charge in [0.15, 0.2) is 10.2 Å².